The number of benzene rings is 1. The highest BCUT2D eigenvalue weighted by molar-refractivity contribution is 7.89. The lowest BCUT2D eigenvalue weighted by Crippen LogP contribution is -2.23. The van der Waals surface area contributed by atoms with E-state index in [0.29, 0.717) is 11.5 Å². The van der Waals surface area contributed by atoms with Crippen LogP contribution in [0.4, 0.5) is 0 Å². The maximum absolute atomic E-state index is 12.3. The highest BCUT2D eigenvalue weighted by Gasteiger charge is 2.20. The van der Waals surface area contributed by atoms with E-state index in [1.807, 2.05) is 13.8 Å². The Hall–Kier alpha value is -2.06. The predicted molar refractivity (Wildman–Crippen MR) is 74.7 cm³/mol. The molecule has 0 aliphatic carbocycles. The summed E-state index contributed by atoms with van der Waals surface area (Å²) in [5.74, 6) is 0.990. The molecule has 0 saturated carbocycles. The number of aromatic nitrogens is 2. The summed E-state index contributed by atoms with van der Waals surface area (Å²) in [6, 6.07) is 4.54. The number of fused-ring (bicyclic) bond motifs is 1. The summed E-state index contributed by atoms with van der Waals surface area (Å²) in [5.41, 5.74) is 2.47. The second-order valence-corrected chi connectivity index (χ2v) is 6.52. The zero-order chi connectivity index (χ0) is 15.0. The van der Waals surface area contributed by atoms with E-state index in [4.69, 9.17) is 9.47 Å². The number of hydrogen-bond donors (Lipinski definition) is 2. The van der Waals surface area contributed by atoms with Crippen molar-refractivity contribution < 1.29 is 17.9 Å². The van der Waals surface area contributed by atoms with Gasteiger partial charge in [-0.05, 0) is 26.0 Å². The van der Waals surface area contributed by atoms with E-state index in [2.05, 4.69) is 14.9 Å². The van der Waals surface area contributed by atoms with Gasteiger partial charge in [-0.1, -0.05) is 0 Å². The number of ether oxygens (including phenoxy) is 2. The first-order valence-electron chi connectivity index (χ1n) is 6.37. The summed E-state index contributed by atoms with van der Waals surface area (Å²) in [6.45, 7) is 3.97. The molecule has 8 heteroatoms. The van der Waals surface area contributed by atoms with Crippen molar-refractivity contribution in [1.29, 1.82) is 0 Å². The summed E-state index contributed by atoms with van der Waals surface area (Å²) in [6.07, 6.45) is 0. The molecule has 2 N–H and O–H groups in total. The Labute approximate surface area is 122 Å². The van der Waals surface area contributed by atoms with Gasteiger partial charge in [0.1, 0.15) is 0 Å². The van der Waals surface area contributed by atoms with E-state index in [1.165, 1.54) is 12.1 Å². The highest BCUT2D eigenvalue weighted by atomic mass is 32.2. The number of aromatic amines is 1. The minimum Gasteiger partial charge on any atom is -0.454 e. The van der Waals surface area contributed by atoms with Crippen LogP contribution in [0.1, 0.15) is 17.0 Å². The maximum atomic E-state index is 12.3. The molecule has 21 heavy (non-hydrogen) atoms. The summed E-state index contributed by atoms with van der Waals surface area (Å²) in [7, 11) is -3.62. The van der Waals surface area contributed by atoms with Crippen LogP contribution < -0.4 is 14.2 Å². The number of sulfonamides is 1. The topological polar surface area (TPSA) is 93.3 Å². The van der Waals surface area contributed by atoms with Crippen LogP contribution in [0.5, 0.6) is 11.5 Å². The predicted octanol–water partition coefficient (Wildman–Crippen LogP) is 1.23. The van der Waals surface area contributed by atoms with Gasteiger partial charge in [0.05, 0.1) is 10.6 Å². The third kappa shape index (κ3) is 2.59. The van der Waals surface area contributed by atoms with Crippen molar-refractivity contribution >= 4 is 10.0 Å². The molecule has 0 amide bonds. The number of H-pyrrole nitrogens is 1. The van der Waals surface area contributed by atoms with Crippen LogP contribution in [0.15, 0.2) is 23.1 Å². The summed E-state index contributed by atoms with van der Waals surface area (Å²) in [4.78, 5) is 0.144. The molecule has 0 atom stereocenters. The van der Waals surface area contributed by atoms with Crippen LogP contribution in [0, 0.1) is 13.8 Å². The van der Waals surface area contributed by atoms with Crippen molar-refractivity contribution in [3.8, 4) is 11.5 Å². The molecule has 112 valence electrons. The molecule has 0 spiro atoms. The fourth-order valence-corrected chi connectivity index (χ4v) is 3.14. The Morgan fingerprint density at radius 2 is 2.05 bits per heavy atom. The van der Waals surface area contributed by atoms with Gasteiger partial charge in [0, 0.05) is 23.9 Å². The summed E-state index contributed by atoms with van der Waals surface area (Å²) < 4.78 is 37.5. The zero-order valence-corrected chi connectivity index (χ0v) is 12.5. The molecule has 7 nitrogen and oxygen atoms in total. The second kappa shape index (κ2) is 5.05. The molecule has 1 aromatic carbocycles. The lowest BCUT2D eigenvalue weighted by atomic mass is 10.2. The molecule has 0 unspecified atom stereocenters. The first-order valence-corrected chi connectivity index (χ1v) is 7.85. The van der Waals surface area contributed by atoms with E-state index >= 15 is 0 Å². The van der Waals surface area contributed by atoms with Crippen LogP contribution in [0.2, 0.25) is 0 Å². The lowest BCUT2D eigenvalue weighted by molar-refractivity contribution is 0.174. The van der Waals surface area contributed by atoms with Crippen LogP contribution in [0.25, 0.3) is 0 Å². The van der Waals surface area contributed by atoms with E-state index in [1.54, 1.807) is 6.07 Å². The van der Waals surface area contributed by atoms with E-state index in [9.17, 15) is 8.42 Å². The Morgan fingerprint density at radius 3 is 2.76 bits per heavy atom. The second-order valence-electron chi connectivity index (χ2n) is 4.75. The highest BCUT2D eigenvalue weighted by Crippen LogP contribution is 2.33. The van der Waals surface area contributed by atoms with Crippen LogP contribution in [-0.4, -0.2) is 25.4 Å². The minimum atomic E-state index is -3.62. The molecule has 2 aromatic rings. The van der Waals surface area contributed by atoms with Gasteiger partial charge in [0.15, 0.2) is 11.5 Å². The molecule has 3 rings (SSSR count). The number of hydrogen-bond acceptors (Lipinski definition) is 5. The Balaban J connectivity index is 1.81. The average molecular weight is 309 g/mol. The monoisotopic (exact) mass is 309 g/mol. The zero-order valence-electron chi connectivity index (χ0n) is 11.6. The van der Waals surface area contributed by atoms with Crippen molar-refractivity contribution in [2.24, 2.45) is 0 Å². The van der Waals surface area contributed by atoms with Crippen molar-refractivity contribution in [3.05, 3.63) is 35.2 Å². The van der Waals surface area contributed by atoms with Crippen LogP contribution in [-0.2, 0) is 16.6 Å². The molecular weight excluding hydrogens is 294 g/mol. The van der Waals surface area contributed by atoms with Crippen molar-refractivity contribution in [3.63, 3.8) is 0 Å². The van der Waals surface area contributed by atoms with Gasteiger partial charge < -0.3 is 9.47 Å². The first kappa shape index (κ1) is 13.9. The van der Waals surface area contributed by atoms with Gasteiger partial charge in [0.2, 0.25) is 16.8 Å². The van der Waals surface area contributed by atoms with Crippen LogP contribution in [0.3, 0.4) is 0 Å². The van der Waals surface area contributed by atoms with Crippen molar-refractivity contribution in [1.82, 2.24) is 14.9 Å². The number of aryl methyl sites for hydroxylation is 2. The van der Waals surface area contributed by atoms with Gasteiger partial charge in [-0.15, -0.1) is 0 Å². The number of nitrogens with zero attached hydrogens (tertiary/aromatic N) is 1. The van der Waals surface area contributed by atoms with Gasteiger partial charge in [-0.25, -0.2) is 13.1 Å². The smallest absolute Gasteiger partial charge is 0.241 e. The van der Waals surface area contributed by atoms with E-state index in [-0.39, 0.29) is 18.2 Å². The lowest BCUT2D eigenvalue weighted by Gasteiger charge is -2.07. The molecule has 1 aliphatic heterocycles. The fraction of sp³-hybridized carbons (Fsp3) is 0.308. The molecule has 0 radical (unpaired) electrons. The van der Waals surface area contributed by atoms with Crippen molar-refractivity contribution in [2.45, 2.75) is 25.3 Å². The van der Waals surface area contributed by atoms with Crippen LogP contribution >= 0.6 is 0 Å². The molecule has 1 aromatic heterocycles. The Kier molecular flexibility index (Phi) is 3.34. The average Bonchev–Trinajstić information content (AvgIpc) is 3.03. The number of nitrogens with one attached hydrogen (secondary N) is 2. The fourth-order valence-electron chi connectivity index (χ4n) is 2.13. The molecule has 0 bridgehead atoms. The quantitative estimate of drug-likeness (QED) is 0.886. The largest absolute Gasteiger partial charge is 0.454 e. The third-order valence-electron chi connectivity index (χ3n) is 3.37. The van der Waals surface area contributed by atoms with Gasteiger partial charge >= 0.3 is 0 Å². The molecule has 1 aliphatic rings. The van der Waals surface area contributed by atoms with Gasteiger partial charge in [0.25, 0.3) is 0 Å². The Bertz CT molecular complexity index is 763. The van der Waals surface area contributed by atoms with Gasteiger partial charge in [-0.3, -0.25) is 5.10 Å². The Morgan fingerprint density at radius 1 is 1.29 bits per heavy atom. The van der Waals surface area contributed by atoms with Crippen molar-refractivity contribution in [2.75, 3.05) is 6.79 Å². The molecular formula is C13H15N3O4S. The maximum Gasteiger partial charge on any atom is 0.241 e. The summed E-state index contributed by atoms with van der Waals surface area (Å²) in [5, 5.41) is 6.87. The van der Waals surface area contributed by atoms with Gasteiger partial charge in [-0.2, -0.15) is 5.10 Å². The standard InChI is InChI=1S/C13H15N3O4S/c1-8-11(9(2)16-15-8)6-14-21(17,18)10-3-4-12-13(5-10)20-7-19-12/h3-5,14H,6-7H2,1-2H3,(H,15,16). The first-order chi connectivity index (χ1) is 9.97. The molecule has 2 heterocycles. The van der Waals surface area contributed by atoms with E-state index in [0.717, 1.165) is 17.0 Å². The summed E-state index contributed by atoms with van der Waals surface area (Å²) >= 11 is 0. The minimum absolute atomic E-state index is 0.111. The van der Waals surface area contributed by atoms with E-state index < -0.39 is 10.0 Å². The molecule has 0 fully saturated rings. The molecule has 0 saturated heterocycles. The third-order valence-corrected chi connectivity index (χ3v) is 4.77. The SMILES string of the molecule is Cc1n[nH]c(C)c1CNS(=O)(=O)c1ccc2c(c1)OCO2. The number of rotatable bonds is 4. The normalized spacial score (nSPS) is 13.6.